The highest BCUT2D eigenvalue weighted by atomic mass is 14.7. The molecule has 0 amide bonds. The first kappa shape index (κ1) is 12.9. The van der Waals surface area contributed by atoms with Gasteiger partial charge in [0.25, 0.3) is 0 Å². The molecular weight excluding hydrogens is 193 g/mol. The fraction of sp³-hybridized carbons (Fsp3) is 0.429. The summed E-state index contributed by atoms with van der Waals surface area (Å²) in [5, 5.41) is 0. The van der Waals surface area contributed by atoms with Crippen molar-refractivity contribution in [1.29, 1.82) is 0 Å². The van der Waals surface area contributed by atoms with Crippen molar-refractivity contribution in [3.05, 3.63) is 40.6 Å². The Kier molecular flexibility index (Phi) is 5.17. The zero-order valence-corrected chi connectivity index (χ0v) is 10.8. The molecule has 0 aliphatic carbocycles. The van der Waals surface area contributed by atoms with E-state index in [0.717, 1.165) is 6.42 Å². The Morgan fingerprint density at radius 1 is 1.44 bits per heavy atom. The molecule has 0 bridgehead atoms. The minimum atomic E-state index is 1.15. The van der Waals surface area contributed by atoms with Crippen molar-refractivity contribution in [2.24, 2.45) is 0 Å². The number of allylic oxidation sites excluding steroid dienone is 3. The van der Waals surface area contributed by atoms with E-state index in [1.807, 2.05) is 0 Å². The standard InChI is InChI=1S/C14H21BN/c1-5-6-7-8-13(15-4)9-14-11(2)10-16-12(14)3/h7-10,16H,5-6H2,1-4H3/b8-7+,13-9+. The predicted molar refractivity (Wildman–Crippen MR) is 73.9 cm³/mol. The normalized spacial score (nSPS) is 12.4. The van der Waals surface area contributed by atoms with Crippen molar-refractivity contribution in [3.63, 3.8) is 0 Å². The first-order chi connectivity index (χ1) is 7.69. The van der Waals surface area contributed by atoms with E-state index in [1.165, 1.54) is 28.7 Å². The van der Waals surface area contributed by atoms with Crippen molar-refractivity contribution in [3.8, 4) is 0 Å². The number of aryl methyl sites for hydroxylation is 2. The molecule has 1 N–H and O–H groups in total. The Bertz CT molecular complexity index is 366. The van der Waals surface area contributed by atoms with Gasteiger partial charge in [-0.15, -0.1) is 0 Å². The second-order valence-electron chi connectivity index (χ2n) is 4.13. The number of nitrogens with one attached hydrogen (secondary N) is 1. The molecule has 1 aromatic rings. The lowest BCUT2D eigenvalue weighted by atomic mass is 9.71. The van der Waals surface area contributed by atoms with Gasteiger partial charge in [0, 0.05) is 11.9 Å². The molecule has 0 saturated heterocycles. The molecule has 0 atom stereocenters. The van der Waals surface area contributed by atoms with Crippen LogP contribution in [0.25, 0.3) is 6.08 Å². The van der Waals surface area contributed by atoms with E-state index in [0.29, 0.717) is 0 Å². The van der Waals surface area contributed by atoms with Gasteiger partial charge >= 0.3 is 0 Å². The van der Waals surface area contributed by atoms with Crippen molar-refractivity contribution < 1.29 is 0 Å². The lowest BCUT2D eigenvalue weighted by molar-refractivity contribution is 0.958. The minimum Gasteiger partial charge on any atom is -0.364 e. The van der Waals surface area contributed by atoms with Gasteiger partial charge in [-0.1, -0.05) is 43.9 Å². The zero-order chi connectivity index (χ0) is 12.0. The van der Waals surface area contributed by atoms with E-state index in [9.17, 15) is 0 Å². The van der Waals surface area contributed by atoms with Crippen molar-refractivity contribution in [2.45, 2.75) is 40.4 Å². The number of aromatic amines is 1. The zero-order valence-electron chi connectivity index (χ0n) is 10.8. The van der Waals surface area contributed by atoms with Gasteiger partial charge in [0.2, 0.25) is 0 Å². The first-order valence-electron chi connectivity index (χ1n) is 6.01. The van der Waals surface area contributed by atoms with Crippen LogP contribution in [-0.2, 0) is 0 Å². The van der Waals surface area contributed by atoms with Crippen LogP contribution in [0.5, 0.6) is 0 Å². The Labute approximate surface area is 99.9 Å². The first-order valence-corrected chi connectivity index (χ1v) is 6.01. The largest absolute Gasteiger partial charge is 0.364 e. The second-order valence-corrected chi connectivity index (χ2v) is 4.13. The molecule has 0 aliphatic rings. The van der Waals surface area contributed by atoms with Crippen LogP contribution in [0, 0.1) is 13.8 Å². The average Bonchev–Trinajstić information content (AvgIpc) is 2.59. The van der Waals surface area contributed by atoms with E-state index >= 15 is 0 Å². The highest BCUT2D eigenvalue weighted by Crippen LogP contribution is 2.16. The van der Waals surface area contributed by atoms with Gasteiger partial charge in [-0.2, -0.15) is 0 Å². The van der Waals surface area contributed by atoms with E-state index in [1.54, 1.807) is 0 Å². The molecule has 0 spiro atoms. The topological polar surface area (TPSA) is 15.8 Å². The molecule has 1 aromatic heterocycles. The second kappa shape index (κ2) is 6.42. The quantitative estimate of drug-likeness (QED) is 0.561. The van der Waals surface area contributed by atoms with Crippen LogP contribution in [0.3, 0.4) is 0 Å². The summed E-state index contributed by atoms with van der Waals surface area (Å²) < 4.78 is 0. The third-order valence-corrected chi connectivity index (χ3v) is 2.74. The molecule has 0 saturated carbocycles. The Morgan fingerprint density at radius 3 is 2.69 bits per heavy atom. The summed E-state index contributed by atoms with van der Waals surface area (Å²) in [6.07, 6.45) is 11.1. The molecule has 1 nitrogen and oxygen atoms in total. The van der Waals surface area contributed by atoms with Crippen LogP contribution < -0.4 is 0 Å². The number of H-pyrrole nitrogens is 1. The number of unbranched alkanes of at least 4 members (excludes halogenated alkanes) is 1. The van der Waals surface area contributed by atoms with Gasteiger partial charge in [-0.3, -0.25) is 0 Å². The summed E-state index contributed by atoms with van der Waals surface area (Å²) in [4.78, 5) is 3.25. The predicted octanol–water partition coefficient (Wildman–Crippen LogP) is 4.08. The van der Waals surface area contributed by atoms with Gasteiger partial charge in [0.15, 0.2) is 0 Å². The number of hydrogen-bond acceptors (Lipinski definition) is 0. The van der Waals surface area contributed by atoms with Crippen LogP contribution in [0.2, 0.25) is 6.82 Å². The summed E-state index contributed by atoms with van der Waals surface area (Å²) >= 11 is 0. The van der Waals surface area contributed by atoms with Crippen LogP contribution in [0.1, 0.15) is 36.6 Å². The number of aromatic nitrogens is 1. The van der Waals surface area contributed by atoms with E-state index in [2.05, 4.69) is 64.3 Å². The van der Waals surface area contributed by atoms with E-state index in [-0.39, 0.29) is 0 Å². The number of rotatable bonds is 5. The summed E-state index contributed by atoms with van der Waals surface area (Å²) in [7, 11) is 2.15. The van der Waals surface area contributed by atoms with Crippen molar-refractivity contribution in [1.82, 2.24) is 4.98 Å². The lowest BCUT2D eigenvalue weighted by Gasteiger charge is -1.99. The van der Waals surface area contributed by atoms with Crippen molar-refractivity contribution >= 4 is 13.4 Å². The summed E-state index contributed by atoms with van der Waals surface area (Å²) in [5.74, 6) is 0. The molecule has 1 rings (SSSR count). The Balaban J connectivity index is 2.87. The molecule has 0 fully saturated rings. The maximum Gasteiger partial charge on any atom is 0.148 e. The lowest BCUT2D eigenvalue weighted by Crippen LogP contribution is -1.88. The van der Waals surface area contributed by atoms with Gasteiger partial charge in [0.1, 0.15) is 7.28 Å². The van der Waals surface area contributed by atoms with Crippen molar-refractivity contribution in [2.75, 3.05) is 0 Å². The van der Waals surface area contributed by atoms with Crippen LogP contribution >= 0.6 is 0 Å². The summed E-state index contributed by atoms with van der Waals surface area (Å²) in [6.45, 7) is 8.53. The van der Waals surface area contributed by atoms with Gasteiger partial charge in [0.05, 0.1) is 0 Å². The van der Waals surface area contributed by atoms with Crippen LogP contribution in [-0.4, -0.2) is 12.3 Å². The molecular formula is C14H21BN. The van der Waals surface area contributed by atoms with Gasteiger partial charge in [-0.05, 0) is 31.4 Å². The SMILES string of the molecule is C[B]C(=C/c1c(C)c[nH]c1C)/C=C/CCC. The smallest absolute Gasteiger partial charge is 0.148 e. The molecule has 85 valence electrons. The molecule has 16 heavy (non-hydrogen) atoms. The Hall–Kier alpha value is -1.18. The number of hydrogen-bond donors (Lipinski definition) is 1. The molecule has 0 aromatic carbocycles. The molecule has 1 heterocycles. The fourth-order valence-electron chi connectivity index (χ4n) is 1.67. The molecule has 0 unspecified atom stereocenters. The summed E-state index contributed by atoms with van der Waals surface area (Å²) in [6, 6.07) is 0. The third kappa shape index (κ3) is 3.44. The monoisotopic (exact) mass is 214 g/mol. The average molecular weight is 214 g/mol. The summed E-state index contributed by atoms with van der Waals surface area (Å²) in [5.41, 5.74) is 5.13. The molecule has 2 heteroatoms. The van der Waals surface area contributed by atoms with E-state index in [4.69, 9.17) is 0 Å². The third-order valence-electron chi connectivity index (χ3n) is 2.74. The minimum absolute atomic E-state index is 1.15. The fourth-order valence-corrected chi connectivity index (χ4v) is 1.67. The van der Waals surface area contributed by atoms with Crippen LogP contribution in [0.15, 0.2) is 23.8 Å². The molecule has 0 aliphatic heterocycles. The van der Waals surface area contributed by atoms with Gasteiger partial charge < -0.3 is 4.98 Å². The van der Waals surface area contributed by atoms with Crippen LogP contribution in [0.4, 0.5) is 0 Å². The highest BCUT2D eigenvalue weighted by Gasteiger charge is 2.01. The Morgan fingerprint density at radius 2 is 2.19 bits per heavy atom. The van der Waals surface area contributed by atoms with Gasteiger partial charge in [-0.25, -0.2) is 0 Å². The maximum absolute atomic E-state index is 3.25. The maximum atomic E-state index is 3.25. The highest BCUT2D eigenvalue weighted by molar-refractivity contribution is 6.46. The molecule has 1 radical (unpaired) electrons. The van der Waals surface area contributed by atoms with E-state index < -0.39 is 0 Å².